The molecule has 0 aliphatic rings. The summed E-state index contributed by atoms with van der Waals surface area (Å²) in [4.78, 5) is 0. The third-order valence-corrected chi connectivity index (χ3v) is 4.84. The summed E-state index contributed by atoms with van der Waals surface area (Å²) in [5.41, 5.74) is 7.87. The first kappa shape index (κ1) is 15.7. The van der Waals surface area contributed by atoms with Gasteiger partial charge in [0.2, 0.25) is 0 Å². The van der Waals surface area contributed by atoms with Gasteiger partial charge in [0.15, 0.2) is 5.03 Å². The molecule has 0 aliphatic carbocycles. The highest BCUT2D eigenvalue weighted by molar-refractivity contribution is 7.89. The number of aromatic amines is 1. The lowest BCUT2D eigenvalue weighted by molar-refractivity contribution is 0.569. The molecule has 1 heterocycles. The number of H-pyrrole nitrogens is 1. The Balaban J connectivity index is 2.11. The predicted octanol–water partition coefficient (Wildman–Crippen LogP) is 1.26. The van der Waals surface area contributed by atoms with E-state index in [4.69, 9.17) is 5.73 Å². The molecule has 1 unspecified atom stereocenters. The van der Waals surface area contributed by atoms with Crippen LogP contribution in [0, 0.1) is 6.92 Å². The van der Waals surface area contributed by atoms with E-state index in [1.54, 1.807) is 6.92 Å². The van der Waals surface area contributed by atoms with Crippen molar-refractivity contribution >= 4 is 10.0 Å². The molecular formula is C14H20N4O2S. The summed E-state index contributed by atoms with van der Waals surface area (Å²) in [7, 11) is -3.66. The van der Waals surface area contributed by atoms with Crippen LogP contribution in [0.3, 0.4) is 0 Å². The molecule has 2 aromatic rings. The summed E-state index contributed by atoms with van der Waals surface area (Å²) in [6.45, 7) is 4.16. The lowest BCUT2D eigenvalue weighted by Crippen LogP contribution is -2.29. The summed E-state index contributed by atoms with van der Waals surface area (Å²) in [6, 6.07) is 9.75. The molecule has 0 saturated heterocycles. The van der Waals surface area contributed by atoms with Crippen LogP contribution in [0.1, 0.15) is 29.7 Å². The van der Waals surface area contributed by atoms with Gasteiger partial charge in [-0.25, -0.2) is 13.1 Å². The van der Waals surface area contributed by atoms with Crippen LogP contribution < -0.4 is 10.5 Å². The van der Waals surface area contributed by atoms with Crippen LogP contribution in [-0.4, -0.2) is 25.2 Å². The zero-order chi connectivity index (χ0) is 15.5. The molecule has 0 aliphatic heterocycles. The predicted molar refractivity (Wildman–Crippen MR) is 81.3 cm³/mol. The second-order valence-corrected chi connectivity index (χ2v) is 6.68. The van der Waals surface area contributed by atoms with Crippen molar-refractivity contribution in [1.29, 1.82) is 0 Å². The third kappa shape index (κ3) is 3.49. The standard InChI is InChI=1S/C14H20N4O2S/c1-10(12-6-4-3-5-7-12)9-16-21(19,20)14-13(8-15)11(2)17-18-14/h3-7,10,16H,8-9,15H2,1-2H3,(H,17,18). The van der Waals surface area contributed by atoms with Gasteiger partial charge < -0.3 is 5.73 Å². The molecule has 1 aromatic carbocycles. The van der Waals surface area contributed by atoms with Gasteiger partial charge in [-0.2, -0.15) is 5.10 Å². The van der Waals surface area contributed by atoms with Gasteiger partial charge >= 0.3 is 0 Å². The Bertz CT molecular complexity index is 695. The van der Waals surface area contributed by atoms with E-state index in [-0.39, 0.29) is 17.5 Å². The smallest absolute Gasteiger partial charge is 0.260 e. The number of rotatable bonds is 6. The molecule has 0 spiro atoms. The molecule has 7 heteroatoms. The Morgan fingerprint density at radius 3 is 2.62 bits per heavy atom. The van der Waals surface area contributed by atoms with E-state index in [2.05, 4.69) is 14.9 Å². The molecule has 0 fully saturated rings. The minimum atomic E-state index is -3.66. The van der Waals surface area contributed by atoms with E-state index in [0.29, 0.717) is 17.8 Å². The largest absolute Gasteiger partial charge is 0.326 e. The van der Waals surface area contributed by atoms with Crippen LogP contribution in [0.15, 0.2) is 35.4 Å². The zero-order valence-corrected chi connectivity index (χ0v) is 12.9. The van der Waals surface area contributed by atoms with Crippen molar-refractivity contribution < 1.29 is 8.42 Å². The molecular weight excluding hydrogens is 288 g/mol. The number of hydrogen-bond acceptors (Lipinski definition) is 4. The van der Waals surface area contributed by atoms with Crippen LogP contribution in [0.5, 0.6) is 0 Å². The minimum Gasteiger partial charge on any atom is -0.326 e. The maximum absolute atomic E-state index is 12.3. The maximum Gasteiger partial charge on any atom is 0.260 e. The number of nitrogens with zero attached hydrogens (tertiary/aromatic N) is 1. The summed E-state index contributed by atoms with van der Waals surface area (Å²) < 4.78 is 27.2. The first-order valence-electron chi connectivity index (χ1n) is 6.74. The van der Waals surface area contributed by atoms with Gasteiger partial charge in [0, 0.05) is 24.3 Å². The van der Waals surface area contributed by atoms with E-state index >= 15 is 0 Å². The molecule has 1 atom stereocenters. The van der Waals surface area contributed by atoms with Crippen molar-refractivity contribution in [2.24, 2.45) is 5.73 Å². The minimum absolute atomic E-state index is 0.0113. The molecule has 1 aromatic heterocycles. The Morgan fingerprint density at radius 1 is 1.33 bits per heavy atom. The molecule has 4 N–H and O–H groups in total. The highest BCUT2D eigenvalue weighted by atomic mass is 32.2. The molecule has 114 valence electrons. The summed E-state index contributed by atoms with van der Waals surface area (Å²) in [5, 5.41) is 6.51. The van der Waals surface area contributed by atoms with Gasteiger partial charge in [0.05, 0.1) is 0 Å². The van der Waals surface area contributed by atoms with Gasteiger partial charge in [0.1, 0.15) is 0 Å². The van der Waals surface area contributed by atoms with Crippen LogP contribution in [0.4, 0.5) is 0 Å². The van der Waals surface area contributed by atoms with Crippen molar-refractivity contribution in [3.8, 4) is 0 Å². The Kier molecular flexibility index (Phi) is 4.76. The fourth-order valence-electron chi connectivity index (χ4n) is 2.10. The molecule has 21 heavy (non-hydrogen) atoms. The average Bonchev–Trinajstić information content (AvgIpc) is 2.87. The number of benzene rings is 1. The van der Waals surface area contributed by atoms with E-state index in [0.717, 1.165) is 5.56 Å². The van der Waals surface area contributed by atoms with Gasteiger partial charge in [0.25, 0.3) is 10.0 Å². The lowest BCUT2D eigenvalue weighted by atomic mass is 10.0. The summed E-state index contributed by atoms with van der Waals surface area (Å²) in [6.07, 6.45) is 0. The Labute approximate surface area is 124 Å². The normalized spacial score (nSPS) is 13.3. The quantitative estimate of drug-likeness (QED) is 0.747. The van der Waals surface area contributed by atoms with Crippen LogP contribution in [0.2, 0.25) is 0 Å². The molecule has 0 radical (unpaired) electrons. The molecule has 2 rings (SSSR count). The monoisotopic (exact) mass is 308 g/mol. The van der Waals surface area contributed by atoms with E-state index in [1.165, 1.54) is 0 Å². The van der Waals surface area contributed by atoms with Crippen LogP contribution in [-0.2, 0) is 16.6 Å². The third-order valence-electron chi connectivity index (χ3n) is 3.44. The highest BCUT2D eigenvalue weighted by Gasteiger charge is 2.23. The van der Waals surface area contributed by atoms with Crippen molar-refractivity contribution in [2.75, 3.05) is 6.54 Å². The van der Waals surface area contributed by atoms with Gasteiger partial charge in [-0.1, -0.05) is 37.3 Å². The molecule has 6 nitrogen and oxygen atoms in total. The first-order chi connectivity index (χ1) is 9.95. The average molecular weight is 308 g/mol. The van der Waals surface area contributed by atoms with Gasteiger partial charge in [-0.15, -0.1) is 0 Å². The fraction of sp³-hybridized carbons (Fsp3) is 0.357. The maximum atomic E-state index is 12.3. The molecule has 0 bridgehead atoms. The number of aryl methyl sites for hydroxylation is 1. The molecule has 0 saturated carbocycles. The number of aromatic nitrogens is 2. The fourth-order valence-corrected chi connectivity index (χ4v) is 3.43. The van der Waals surface area contributed by atoms with Gasteiger partial charge in [-0.05, 0) is 18.4 Å². The van der Waals surface area contributed by atoms with E-state index in [1.807, 2.05) is 37.3 Å². The second-order valence-electron chi connectivity index (χ2n) is 5.00. The van der Waals surface area contributed by atoms with Crippen LogP contribution >= 0.6 is 0 Å². The number of nitrogens with one attached hydrogen (secondary N) is 2. The lowest BCUT2D eigenvalue weighted by Gasteiger charge is -2.13. The van der Waals surface area contributed by atoms with E-state index in [9.17, 15) is 8.42 Å². The van der Waals surface area contributed by atoms with Crippen molar-refractivity contribution in [2.45, 2.75) is 31.3 Å². The Morgan fingerprint density at radius 2 is 2.00 bits per heavy atom. The Hall–Kier alpha value is -1.70. The van der Waals surface area contributed by atoms with Gasteiger partial charge in [-0.3, -0.25) is 5.10 Å². The highest BCUT2D eigenvalue weighted by Crippen LogP contribution is 2.17. The number of sulfonamides is 1. The molecule has 0 amide bonds. The SMILES string of the molecule is Cc1[nH]nc(S(=O)(=O)NCC(C)c2ccccc2)c1CN. The summed E-state index contributed by atoms with van der Waals surface area (Å²) >= 11 is 0. The summed E-state index contributed by atoms with van der Waals surface area (Å²) in [5.74, 6) is 0.0716. The van der Waals surface area contributed by atoms with Crippen LogP contribution in [0.25, 0.3) is 0 Å². The number of hydrogen-bond donors (Lipinski definition) is 3. The van der Waals surface area contributed by atoms with Crippen molar-refractivity contribution in [3.05, 3.63) is 47.2 Å². The second kappa shape index (κ2) is 6.38. The number of nitrogens with two attached hydrogens (primary N) is 1. The van der Waals surface area contributed by atoms with E-state index < -0.39 is 10.0 Å². The van der Waals surface area contributed by atoms with Crippen molar-refractivity contribution in [1.82, 2.24) is 14.9 Å². The van der Waals surface area contributed by atoms with Crippen molar-refractivity contribution in [3.63, 3.8) is 0 Å². The first-order valence-corrected chi connectivity index (χ1v) is 8.22. The zero-order valence-electron chi connectivity index (χ0n) is 12.1. The topological polar surface area (TPSA) is 101 Å².